The van der Waals surface area contributed by atoms with Gasteiger partial charge in [0.15, 0.2) is 0 Å². The number of carboxylic acid groups (broad SMARTS) is 1. The summed E-state index contributed by atoms with van der Waals surface area (Å²) in [7, 11) is 3.18. The number of nitrogens with two attached hydrogens (primary N) is 1. The van der Waals surface area contributed by atoms with Gasteiger partial charge in [-0.05, 0) is 41.9 Å². The molecule has 11 nitrogen and oxygen atoms in total. The topological polar surface area (TPSA) is 178 Å². The molecule has 2 aromatic rings. The lowest BCUT2D eigenvalue weighted by molar-refractivity contribution is -0.142. The van der Waals surface area contributed by atoms with Crippen LogP contribution >= 0.6 is 0 Å². The molecular formula is C30H40N6O5. The number of amides is 4. The van der Waals surface area contributed by atoms with Crippen molar-refractivity contribution in [2.45, 2.75) is 57.7 Å². The second-order valence-corrected chi connectivity index (χ2v) is 10.7. The summed E-state index contributed by atoms with van der Waals surface area (Å²) in [6, 6.07) is 13.3. The molecule has 3 rings (SSSR count). The fourth-order valence-electron chi connectivity index (χ4n) is 5.11. The molecule has 0 aromatic heterocycles. The summed E-state index contributed by atoms with van der Waals surface area (Å²) < 4.78 is 0. The van der Waals surface area contributed by atoms with Gasteiger partial charge in [-0.2, -0.15) is 0 Å². The van der Waals surface area contributed by atoms with Crippen molar-refractivity contribution in [2.75, 3.05) is 14.1 Å². The molecule has 1 unspecified atom stereocenters. The van der Waals surface area contributed by atoms with Crippen molar-refractivity contribution in [3.8, 4) is 0 Å². The molecule has 1 aliphatic rings. The SMILES string of the molecule is CN(C)C(=O)C(Cc1ccc(C(=N)N)cc1)C(=O)N[C@H](C(=O)NCc1cccc(CNC(=O)O)c1)C1CCCCC1. The Morgan fingerprint density at radius 1 is 0.927 bits per heavy atom. The Kier molecular flexibility index (Phi) is 11.3. The molecule has 0 radical (unpaired) electrons. The molecule has 0 heterocycles. The number of carbonyl (C=O) groups excluding carboxylic acids is 3. The zero-order chi connectivity index (χ0) is 29.9. The highest BCUT2D eigenvalue weighted by Crippen LogP contribution is 2.27. The summed E-state index contributed by atoms with van der Waals surface area (Å²) in [5.74, 6) is -2.35. The maximum Gasteiger partial charge on any atom is 0.404 e. The molecule has 4 amide bonds. The van der Waals surface area contributed by atoms with Gasteiger partial charge in [-0.1, -0.05) is 67.8 Å². The third-order valence-corrected chi connectivity index (χ3v) is 7.36. The zero-order valence-electron chi connectivity index (χ0n) is 23.6. The molecule has 41 heavy (non-hydrogen) atoms. The van der Waals surface area contributed by atoms with Crippen LogP contribution in [-0.2, 0) is 33.9 Å². The molecule has 0 saturated heterocycles. The van der Waals surface area contributed by atoms with Crippen LogP contribution in [0.5, 0.6) is 0 Å². The van der Waals surface area contributed by atoms with Crippen LogP contribution in [0.1, 0.15) is 54.4 Å². The number of benzene rings is 2. The Morgan fingerprint density at radius 2 is 1.54 bits per heavy atom. The third-order valence-electron chi connectivity index (χ3n) is 7.36. The van der Waals surface area contributed by atoms with E-state index in [0.717, 1.165) is 48.8 Å². The van der Waals surface area contributed by atoms with Crippen LogP contribution < -0.4 is 21.7 Å². The number of rotatable bonds is 12. The molecular weight excluding hydrogens is 524 g/mol. The Morgan fingerprint density at radius 3 is 2.10 bits per heavy atom. The fraction of sp³-hybridized carbons (Fsp3) is 0.433. The molecule has 0 aliphatic heterocycles. The third kappa shape index (κ3) is 9.33. The van der Waals surface area contributed by atoms with Crippen molar-refractivity contribution in [2.24, 2.45) is 17.6 Å². The van der Waals surface area contributed by atoms with E-state index >= 15 is 0 Å². The molecule has 11 heteroatoms. The fourth-order valence-corrected chi connectivity index (χ4v) is 5.11. The molecule has 2 aromatic carbocycles. The summed E-state index contributed by atoms with van der Waals surface area (Å²) in [6.07, 6.45) is 3.62. The molecule has 0 bridgehead atoms. The van der Waals surface area contributed by atoms with Gasteiger partial charge in [0.25, 0.3) is 0 Å². The minimum atomic E-state index is -1.12. The van der Waals surface area contributed by atoms with Crippen LogP contribution in [0.25, 0.3) is 0 Å². The van der Waals surface area contributed by atoms with E-state index in [4.69, 9.17) is 16.2 Å². The largest absolute Gasteiger partial charge is 0.465 e. The van der Waals surface area contributed by atoms with E-state index in [-0.39, 0.29) is 43.1 Å². The first kappa shape index (κ1) is 31.1. The number of nitrogens with one attached hydrogen (secondary N) is 4. The molecule has 7 N–H and O–H groups in total. The lowest BCUT2D eigenvalue weighted by Gasteiger charge is -2.31. The Balaban J connectivity index is 1.75. The second-order valence-electron chi connectivity index (χ2n) is 10.7. The monoisotopic (exact) mass is 564 g/mol. The van der Waals surface area contributed by atoms with Crippen molar-refractivity contribution in [3.05, 3.63) is 70.8 Å². The molecule has 1 fully saturated rings. The minimum absolute atomic E-state index is 0.0521. The molecule has 220 valence electrons. The highest BCUT2D eigenvalue weighted by Gasteiger charge is 2.35. The molecule has 2 atom stereocenters. The molecule has 1 saturated carbocycles. The van der Waals surface area contributed by atoms with Crippen LogP contribution in [0.2, 0.25) is 0 Å². The van der Waals surface area contributed by atoms with Crippen LogP contribution in [0.15, 0.2) is 48.5 Å². The van der Waals surface area contributed by atoms with Gasteiger partial charge in [0, 0.05) is 32.7 Å². The number of hydrogen-bond donors (Lipinski definition) is 6. The van der Waals surface area contributed by atoms with Gasteiger partial charge in [0.2, 0.25) is 17.7 Å². The van der Waals surface area contributed by atoms with E-state index in [1.165, 1.54) is 4.90 Å². The Labute approximate surface area is 240 Å². The summed E-state index contributed by atoms with van der Waals surface area (Å²) in [5.41, 5.74) is 8.39. The zero-order valence-corrected chi connectivity index (χ0v) is 23.6. The maximum absolute atomic E-state index is 13.6. The van der Waals surface area contributed by atoms with Gasteiger partial charge in [-0.3, -0.25) is 19.8 Å². The van der Waals surface area contributed by atoms with Gasteiger partial charge >= 0.3 is 6.09 Å². The number of carbonyl (C=O) groups is 4. The second kappa shape index (κ2) is 14.8. The Bertz CT molecular complexity index is 1240. The first-order valence-electron chi connectivity index (χ1n) is 13.8. The lowest BCUT2D eigenvalue weighted by atomic mass is 9.83. The van der Waals surface area contributed by atoms with Gasteiger partial charge in [-0.25, -0.2) is 4.79 Å². The van der Waals surface area contributed by atoms with Crippen LogP contribution in [0, 0.1) is 17.2 Å². The van der Waals surface area contributed by atoms with Gasteiger partial charge in [-0.15, -0.1) is 0 Å². The number of nitrogens with zero attached hydrogens (tertiary/aromatic N) is 1. The molecule has 1 aliphatic carbocycles. The summed E-state index contributed by atoms with van der Waals surface area (Å²) >= 11 is 0. The van der Waals surface area contributed by atoms with E-state index in [1.54, 1.807) is 50.5 Å². The highest BCUT2D eigenvalue weighted by atomic mass is 16.4. The first-order chi connectivity index (χ1) is 19.5. The summed E-state index contributed by atoms with van der Waals surface area (Å²) in [5, 5.41) is 24.6. The van der Waals surface area contributed by atoms with E-state index in [0.29, 0.717) is 5.56 Å². The van der Waals surface area contributed by atoms with Crippen molar-refractivity contribution in [1.82, 2.24) is 20.9 Å². The van der Waals surface area contributed by atoms with E-state index < -0.39 is 24.0 Å². The summed E-state index contributed by atoms with van der Waals surface area (Å²) in [6.45, 7) is 0.359. The number of amidine groups is 1. The average molecular weight is 565 g/mol. The maximum atomic E-state index is 13.6. The average Bonchev–Trinajstić information content (AvgIpc) is 2.96. The van der Waals surface area contributed by atoms with E-state index in [9.17, 15) is 19.2 Å². The van der Waals surface area contributed by atoms with Crippen molar-refractivity contribution >= 4 is 29.7 Å². The first-order valence-corrected chi connectivity index (χ1v) is 13.8. The standard InChI is InChI=1S/C30H40N6O5/c1-36(2)29(39)24(16-19-11-13-23(14-12-19)26(31)32)27(37)35-25(22-9-4-3-5-10-22)28(38)33-17-20-7-6-8-21(15-20)18-34-30(40)41/h6-8,11-15,22,24-25,34H,3-5,9-10,16-18H2,1-2H3,(H3,31,32)(H,33,38)(H,35,37)(H,40,41)/t24?,25-/m0/s1. The number of nitrogen functional groups attached to an aromatic ring is 1. The van der Waals surface area contributed by atoms with E-state index in [1.807, 2.05) is 12.1 Å². The van der Waals surface area contributed by atoms with E-state index in [2.05, 4.69) is 16.0 Å². The van der Waals surface area contributed by atoms with Gasteiger partial charge in [0.05, 0.1) is 0 Å². The van der Waals surface area contributed by atoms with Crippen molar-refractivity contribution in [3.63, 3.8) is 0 Å². The van der Waals surface area contributed by atoms with Crippen molar-refractivity contribution in [1.29, 1.82) is 5.41 Å². The predicted molar refractivity (Wildman–Crippen MR) is 155 cm³/mol. The quantitative estimate of drug-likeness (QED) is 0.131. The van der Waals surface area contributed by atoms with Crippen molar-refractivity contribution < 1.29 is 24.3 Å². The predicted octanol–water partition coefficient (Wildman–Crippen LogP) is 2.37. The smallest absolute Gasteiger partial charge is 0.404 e. The van der Waals surface area contributed by atoms with Gasteiger partial charge < -0.3 is 31.7 Å². The minimum Gasteiger partial charge on any atom is -0.465 e. The summed E-state index contributed by atoms with van der Waals surface area (Å²) in [4.78, 5) is 52.4. The number of hydrogen-bond acceptors (Lipinski definition) is 5. The van der Waals surface area contributed by atoms with Gasteiger partial charge in [0.1, 0.15) is 17.8 Å². The highest BCUT2D eigenvalue weighted by molar-refractivity contribution is 6.02. The van der Waals surface area contributed by atoms with Crippen LogP contribution in [0.4, 0.5) is 4.79 Å². The van der Waals surface area contributed by atoms with Crippen LogP contribution in [-0.4, -0.2) is 59.8 Å². The lowest BCUT2D eigenvalue weighted by Crippen LogP contribution is -2.54. The molecule has 0 spiro atoms. The van der Waals surface area contributed by atoms with Crippen LogP contribution in [0.3, 0.4) is 0 Å². The normalized spacial score (nSPS) is 14.8. The Hall–Kier alpha value is -4.41.